The highest BCUT2D eigenvalue weighted by Crippen LogP contribution is 2.19. The van der Waals surface area contributed by atoms with Crippen molar-refractivity contribution in [1.29, 1.82) is 0 Å². The Bertz CT molecular complexity index is 1120. The van der Waals surface area contributed by atoms with Crippen molar-refractivity contribution in [3.05, 3.63) is 88.1 Å². The quantitative estimate of drug-likeness (QED) is 0.363. The minimum absolute atomic E-state index is 0.0124. The van der Waals surface area contributed by atoms with Gasteiger partial charge >= 0.3 is 0 Å². The first kappa shape index (κ1) is 26.9. The number of thiophene rings is 1. The first-order chi connectivity index (χ1) is 18.1. The molecule has 196 valence electrons. The van der Waals surface area contributed by atoms with E-state index in [0.717, 1.165) is 23.5 Å². The van der Waals surface area contributed by atoms with E-state index in [0.29, 0.717) is 45.1 Å². The number of ether oxygens (including phenoxy) is 2. The molecule has 1 saturated heterocycles. The van der Waals surface area contributed by atoms with E-state index in [1.54, 1.807) is 16.2 Å². The smallest absolute Gasteiger partial charge is 0.261 e. The summed E-state index contributed by atoms with van der Waals surface area (Å²) >= 11 is 1.69. The van der Waals surface area contributed by atoms with Crippen LogP contribution in [0.1, 0.15) is 15.3 Å². The van der Waals surface area contributed by atoms with Crippen LogP contribution in [0.25, 0.3) is 0 Å². The molecule has 2 amide bonds. The molecular weight excluding hydrogens is 486 g/mol. The molecule has 0 unspecified atom stereocenters. The number of amides is 2. The van der Waals surface area contributed by atoms with Gasteiger partial charge in [-0.05, 0) is 36.8 Å². The van der Waals surface area contributed by atoms with Crippen molar-refractivity contribution in [2.45, 2.75) is 20.0 Å². The van der Waals surface area contributed by atoms with Gasteiger partial charge < -0.3 is 19.3 Å². The van der Waals surface area contributed by atoms with Crippen molar-refractivity contribution in [1.82, 2.24) is 14.7 Å². The normalized spacial score (nSPS) is 13.8. The molecule has 0 atom stereocenters. The monoisotopic (exact) mass is 521 g/mol. The van der Waals surface area contributed by atoms with Crippen LogP contribution in [-0.2, 0) is 27.4 Å². The molecule has 0 bridgehead atoms. The number of para-hydroxylation sites is 1. The van der Waals surface area contributed by atoms with E-state index in [9.17, 15) is 9.59 Å². The largest absolute Gasteiger partial charge is 0.484 e. The molecule has 8 heteroatoms. The predicted molar refractivity (Wildman–Crippen MR) is 146 cm³/mol. The average molecular weight is 522 g/mol. The van der Waals surface area contributed by atoms with Gasteiger partial charge in [0.15, 0.2) is 6.61 Å². The molecule has 1 fully saturated rings. The van der Waals surface area contributed by atoms with Crippen LogP contribution < -0.4 is 4.74 Å². The lowest BCUT2D eigenvalue weighted by Crippen LogP contribution is -2.48. The maximum Gasteiger partial charge on any atom is 0.261 e. The Hall–Kier alpha value is -3.20. The molecular formula is C29H35N3O4S. The fraction of sp³-hybridized carbons (Fsp3) is 0.379. The lowest BCUT2D eigenvalue weighted by molar-refractivity contribution is -0.142. The Balaban J connectivity index is 1.45. The molecule has 2 heterocycles. The summed E-state index contributed by atoms with van der Waals surface area (Å²) in [5.41, 5.74) is 1.06. The van der Waals surface area contributed by atoms with E-state index in [2.05, 4.69) is 24.0 Å². The van der Waals surface area contributed by atoms with Crippen LogP contribution in [0, 0.1) is 6.92 Å². The van der Waals surface area contributed by atoms with E-state index >= 15 is 0 Å². The zero-order chi connectivity index (χ0) is 25.9. The summed E-state index contributed by atoms with van der Waals surface area (Å²) in [7, 11) is 0. The number of carbonyl (C=O) groups excluding carboxylic acids is 2. The van der Waals surface area contributed by atoms with Gasteiger partial charge in [0.2, 0.25) is 5.91 Å². The Labute approximate surface area is 223 Å². The lowest BCUT2D eigenvalue weighted by atomic mass is 10.2. The number of rotatable bonds is 12. The van der Waals surface area contributed by atoms with Gasteiger partial charge in [-0.15, -0.1) is 11.3 Å². The Morgan fingerprint density at radius 3 is 2.27 bits per heavy atom. The molecule has 0 radical (unpaired) electrons. The number of hydrogen-bond acceptors (Lipinski definition) is 6. The Morgan fingerprint density at radius 2 is 1.59 bits per heavy atom. The molecule has 0 saturated carbocycles. The van der Waals surface area contributed by atoms with Crippen LogP contribution in [-0.4, -0.2) is 79.1 Å². The summed E-state index contributed by atoms with van der Waals surface area (Å²) in [6.07, 6.45) is 0. The number of morpholine rings is 1. The van der Waals surface area contributed by atoms with Gasteiger partial charge in [0.05, 0.1) is 26.3 Å². The lowest BCUT2D eigenvalue weighted by Gasteiger charge is -2.31. The maximum atomic E-state index is 13.7. The molecule has 0 aliphatic carbocycles. The fourth-order valence-corrected chi connectivity index (χ4v) is 5.10. The second kappa shape index (κ2) is 13.9. The van der Waals surface area contributed by atoms with Gasteiger partial charge in [0.25, 0.3) is 5.91 Å². The van der Waals surface area contributed by atoms with Crippen LogP contribution in [0.3, 0.4) is 0 Å². The summed E-state index contributed by atoms with van der Waals surface area (Å²) in [5, 5.41) is 0. The average Bonchev–Trinajstić information content (AvgIpc) is 3.35. The van der Waals surface area contributed by atoms with Crippen LogP contribution in [0.15, 0.2) is 72.8 Å². The van der Waals surface area contributed by atoms with Crippen molar-refractivity contribution < 1.29 is 19.1 Å². The second-order valence-electron chi connectivity index (χ2n) is 9.12. The highest BCUT2D eigenvalue weighted by atomic mass is 32.1. The van der Waals surface area contributed by atoms with Crippen molar-refractivity contribution >= 4 is 23.2 Å². The Kier molecular flexibility index (Phi) is 10.1. The second-order valence-corrected chi connectivity index (χ2v) is 10.5. The summed E-state index contributed by atoms with van der Waals surface area (Å²) < 4.78 is 11.2. The van der Waals surface area contributed by atoms with Crippen molar-refractivity contribution in [2.75, 3.05) is 52.5 Å². The first-order valence-corrected chi connectivity index (χ1v) is 13.5. The fourth-order valence-electron chi connectivity index (χ4n) is 4.19. The van der Waals surface area contributed by atoms with Crippen molar-refractivity contribution in [3.8, 4) is 5.75 Å². The van der Waals surface area contributed by atoms with Gasteiger partial charge in [0.1, 0.15) is 5.75 Å². The molecule has 1 aliphatic heterocycles. The van der Waals surface area contributed by atoms with Crippen molar-refractivity contribution in [2.24, 2.45) is 0 Å². The zero-order valence-corrected chi connectivity index (χ0v) is 22.2. The standard InChI is InChI=1S/C29H35N3O4S/c1-24-12-13-27(37-24)21-32(20-25-8-4-2-5-9-25)28(33)22-31(15-14-30-16-18-35-19-17-30)29(34)23-36-26-10-6-3-7-11-26/h2-13H,14-23H2,1H3. The van der Waals surface area contributed by atoms with Crippen molar-refractivity contribution in [3.63, 3.8) is 0 Å². The minimum atomic E-state index is -0.197. The molecule has 0 spiro atoms. The predicted octanol–water partition coefficient (Wildman–Crippen LogP) is 3.83. The number of benzene rings is 2. The number of carbonyl (C=O) groups is 2. The third kappa shape index (κ3) is 8.70. The third-order valence-corrected chi connectivity index (χ3v) is 7.27. The number of nitrogens with zero attached hydrogens (tertiary/aromatic N) is 3. The SMILES string of the molecule is Cc1ccc(CN(Cc2ccccc2)C(=O)CN(CCN2CCOCC2)C(=O)COc2ccccc2)s1. The summed E-state index contributed by atoms with van der Waals surface area (Å²) in [5.74, 6) is 0.358. The van der Waals surface area contributed by atoms with E-state index in [-0.39, 0.29) is 25.0 Å². The van der Waals surface area contributed by atoms with Crippen LogP contribution >= 0.6 is 11.3 Å². The molecule has 0 N–H and O–H groups in total. The van der Waals surface area contributed by atoms with E-state index in [1.165, 1.54) is 4.88 Å². The topological polar surface area (TPSA) is 62.3 Å². The molecule has 37 heavy (non-hydrogen) atoms. The number of aryl methyl sites for hydroxylation is 1. The summed E-state index contributed by atoms with van der Waals surface area (Å²) in [6, 6.07) is 23.4. The van der Waals surface area contributed by atoms with E-state index in [4.69, 9.17) is 9.47 Å². The summed E-state index contributed by atoms with van der Waals surface area (Å²) in [4.78, 5) is 35.0. The highest BCUT2D eigenvalue weighted by molar-refractivity contribution is 7.11. The van der Waals surface area contributed by atoms with Crippen LogP contribution in [0.4, 0.5) is 0 Å². The highest BCUT2D eigenvalue weighted by Gasteiger charge is 2.24. The summed E-state index contributed by atoms with van der Waals surface area (Å²) in [6.45, 7) is 7.16. The van der Waals surface area contributed by atoms with Crippen LogP contribution in [0.5, 0.6) is 5.75 Å². The third-order valence-electron chi connectivity index (χ3n) is 6.29. The van der Waals surface area contributed by atoms with E-state index < -0.39 is 0 Å². The molecule has 2 aromatic carbocycles. The first-order valence-electron chi connectivity index (χ1n) is 12.7. The molecule has 7 nitrogen and oxygen atoms in total. The minimum Gasteiger partial charge on any atom is -0.484 e. The van der Waals surface area contributed by atoms with Gasteiger partial charge in [0, 0.05) is 42.5 Å². The van der Waals surface area contributed by atoms with Gasteiger partial charge in [-0.2, -0.15) is 0 Å². The van der Waals surface area contributed by atoms with Gasteiger partial charge in [-0.25, -0.2) is 0 Å². The van der Waals surface area contributed by atoms with E-state index in [1.807, 2.05) is 65.6 Å². The Morgan fingerprint density at radius 1 is 0.892 bits per heavy atom. The molecule has 3 aromatic rings. The van der Waals surface area contributed by atoms with Crippen LogP contribution in [0.2, 0.25) is 0 Å². The molecule has 4 rings (SSSR count). The molecule has 1 aromatic heterocycles. The number of hydrogen-bond donors (Lipinski definition) is 0. The maximum absolute atomic E-state index is 13.7. The zero-order valence-electron chi connectivity index (χ0n) is 21.4. The molecule has 1 aliphatic rings. The van der Waals surface area contributed by atoms with Gasteiger partial charge in [-0.3, -0.25) is 14.5 Å². The van der Waals surface area contributed by atoms with Gasteiger partial charge in [-0.1, -0.05) is 48.5 Å².